The number of thiophene rings is 1. The third-order valence-electron chi connectivity index (χ3n) is 4.50. The number of aliphatic imine (C=N–C) groups is 1. The second-order valence-corrected chi connectivity index (χ2v) is 7.72. The number of esters is 1. The van der Waals surface area contributed by atoms with Gasteiger partial charge >= 0.3 is 5.97 Å². The van der Waals surface area contributed by atoms with Gasteiger partial charge < -0.3 is 15.0 Å². The Balaban J connectivity index is 0.00000312. The number of halogens is 1. The van der Waals surface area contributed by atoms with E-state index in [9.17, 15) is 4.79 Å². The van der Waals surface area contributed by atoms with Gasteiger partial charge in [0.1, 0.15) is 0 Å². The lowest BCUT2D eigenvalue weighted by molar-refractivity contribution is -0.149. The Kier molecular flexibility index (Phi) is 9.20. The van der Waals surface area contributed by atoms with Crippen molar-refractivity contribution in [3.05, 3.63) is 22.4 Å². The molecule has 0 unspecified atom stereocenters. The summed E-state index contributed by atoms with van der Waals surface area (Å²) in [6, 6.07) is 4.27. The van der Waals surface area contributed by atoms with E-state index in [0.717, 1.165) is 38.4 Å². The van der Waals surface area contributed by atoms with Gasteiger partial charge in [-0.2, -0.15) is 0 Å². The predicted octanol–water partition coefficient (Wildman–Crippen LogP) is 3.49. The number of guanidine groups is 1. The topological polar surface area (TPSA) is 53.9 Å². The number of piperidine rings is 1. The third-order valence-corrected chi connectivity index (χ3v) is 5.74. The van der Waals surface area contributed by atoms with Crippen LogP contribution in [0, 0.1) is 5.92 Å². The Bertz CT molecular complexity index is 553. The van der Waals surface area contributed by atoms with Crippen molar-refractivity contribution in [3.8, 4) is 0 Å². The van der Waals surface area contributed by atoms with Crippen molar-refractivity contribution in [1.29, 1.82) is 0 Å². The second-order valence-electron chi connectivity index (χ2n) is 6.78. The summed E-state index contributed by atoms with van der Waals surface area (Å²) < 4.78 is 5.13. The Morgan fingerprint density at radius 3 is 2.64 bits per heavy atom. The number of likely N-dealkylation sites (tertiary alicyclic amines) is 1. The molecule has 0 amide bonds. The molecule has 1 fully saturated rings. The predicted molar refractivity (Wildman–Crippen MR) is 115 cm³/mol. The molecule has 1 aromatic rings. The van der Waals surface area contributed by atoms with Crippen molar-refractivity contribution >= 4 is 47.2 Å². The summed E-state index contributed by atoms with van der Waals surface area (Å²) in [5.74, 6) is 0.891. The van der Waals surface area contributed by atoms with Gasteiger partial charge in [-0.1, -0.05) is 19.9 Å². The van der Waals surface area contributed by atoms with E-state index in [2.05, 4.69) is 46.6 Å². The maximum absolute atomic E-state index is 11.8. The first-order valence-electron chi connectivity index (χ1n) is 8.64. The molecule has 2 heterocycles. The van der Waals surface area contributed by atoms with Gasteiger partial charge in [0.25, 0.3) is 0 Å². The number of rotatable bonds is 5. The zero-order valence-corrected chi connectivity index (χ0v) is 18.7. The van der Waals surface area contributed by atoms with Crippen molar-refractivity contribution < 1.29 is 9.53 Å². The van der Waals surface area contributed by atoms with Crippen LogP contribution in [0.5, 0.6) is 0 Å². The number of hydrogen-bond donors (Lipinski definition) is 1. The molecule has 0 atom stereocenters. The number of nitrogens with one attached hydrogen (secondary N) is 1. The van der Waals surface area contributed by atoms with Gasteiger partial charge in [0.2, 0.25) is 0 Å². The molecule has 0 bridgehead atoms. The molecular formula is C18H30IN3O2S. The molecule has 1 aliphatic heterocycles. The van der Waals surface area contributed by atoms with Crippen molar-refractivity contribution in [3.63, 3.8) is 0 Å². The second kappa shape index (κ2) is 10.4. The van der Waals surface area contributed by atoms with Crippen LogP contribution >= 0.6 is 35.3 Å². The molecule has 25 heavy (non-hydrogen) atoms. The molecule has 0 aliphatic carbocycles. The highest BCUT2D eigenvalue weighted by molar-refractivity contribution is 14.0. The molecule has 0 radical (unpaired) electrons. The van der Waals surface area contributed by atoms with E-state index in [1.807, 2.05) is 14.0 Å². The van der Waals surface area contributed by atoms with Crippen LogP contribution in [0.25, 0.3) is 0 Å². The maximum atomic E-state index is 11.8. The van der Waals surface area contributed by atoms with E-state index in [4.69, 9.17) is 4.74 Å². The van der Waals surface area contributed by atoms with E-state index in [0.29, 0.717) is 6.61 Å². The van der Waals surface area contributed by atoms with E-state index < -0.39 is 0 Å². The molecule has 0 saturated carbocycles. The molecule has 2 rings (SSSR count). The molecule has 0 spiro atoms. The minimum Gasteiger partial charge on any atom is -0.466 e. The number of ether oxygens (including phenoxy) is 1. The number of carbonyl (C=O) groups is 1. The van der Waals surface area contributed by atoms with Crippen molar-refractivity contribution in [2.24, 2.45) is 10.9 Å². The van der Waals surface area contributed by atoms with Crippen molar-refractivity contribution in [2.45, 2.75) is 39.0 Å². The van der Waals surface area contributed by atoms with E-state index in [1.165, 1.54) is 4.88 Å². The van der Waals surface area contributed by atoms with Gasteiger partial charge in [0.05, 0.1) is 12.5 Å². The lowest BCUT2D eigenvalue weighted by Gasteiger charge is -2.34. The van der Waals surface area contributed by atoms with Crippen molar-refractivity contribution in [1.82, 2.24) is 10.2 Å². The average molecular weight is 479 g/mol. The lowest BCUT2D eigenvalue weighted by Crippen LogP contribution is -2.49. The summed E-state index contributed by atoms with van der Waals surface area (Å²) in [7, 11) is 1.82. The first kappa shape index (κ1) is 22.2. The Labute approximate surface area is 172 Å². The minimum absolute atomic E-state index is 0. The van der Waals surface area contributed by atoms with Gasteiger partial charge in [-0.05, 0) is 31.2 Å². The summed E-state index contributed by atoms with van der Waals surface area (Å²) in [6.07, 6.45) is 1.65. The monoisotopic (exact) mass is 479 g/mol. The molecule has 5 nitrogen and oxygen atoms in total. The van der Waals surface area contributed by atoms with Gasteiger partial charge in [-0.3, -0.25) is 9.79 Å². The van der Waals surface area contributed by atoms with Crippen LogP contribution in [-0.4, -0.2) is 50.1 Å². The fourth-order valence-corrected chi connectivity index (χ4v) is 3.82. The van der Waals surface area contributed by atoms with Gasteiger partial charge in [0.15, 0.2) is 5.96 Å². The normalized spacial score (nSPS) is 16.3. The smallest absolute Gasteiger partial charge is 0.309 e. The Hall–Kier alpha value is -0.830. The zero-order valence-electron chi connectivity index (χ0n) is 15.6. The number of carbonyl (C=O) groups excluding carboxylic acids is 1. The first-order chi connectivity index (χ1) is 11.5. The molecule has 142 valence electrons. The van der Waals surface area contributed by atoms with Crippen molar-refractivity contribution in [2.75, 3.05) is 33.3 Å². The largest absolute Gasteiger partial charge is 0.466 e. The highest BCUT2D eigenvalue weighted by atomic mass is 127. The van der Waals surface area contributed by atoms with Crippen LogP contribution < -0.4 is 5.32 Å². The summed E-state index contributed by atoms with van der Waals surface area (Å²) >= 11 is 1.79. The van der Waals surface area contributed by atoms with Crippen LogP contribution in [0.2, 0.25) is 0 Å². The lowest BCUT2D eigenvalue weighted by atomic mass is 9.91. The average Bonchev–Trinajstić information content (AvgIpc) is 3.11. The Morgan fingerprint density at radius 1 is 1.44 bits per heavy atom. The number of nitrogens with zero attached hydrogens (tertiary/aromatic N) is 2. The molecule has 1 saturated heterocycles. The molecule has 7 heteroatoms. The molecule has 1 N–H and O–H groups in total. The quantitative estimate of drug-likeness (QED) is 0.304. The van der Waals surface area contributed by atoms with Crippen LogP contribution in [0.15, 0.2) is 22.5 Å². The van der Waals surface area contributed by atoms with Gasteiger partial charge in [-0.15, -0.1) is 35.3 Å². The highest BCUT2D eigenvalue weighted by Gasteiger charge is 2.28. The fraction of sp³-hybridized carbons (Fsp3) is 0.667. The zero-order chi connectivity index (χ0) is 17.6. The summed E-state index contributed by atoms with van der Waals surface area (Å²) in [5.41, 5.74) is 0.0629. The molecule has 0 aromatic carbocycles. The van der Waals surface area contributed by atoms with Crippen LogP contribution in [-0.2, 0) is 14.9 Å². The summed E-state index contributed by atoms with van der Waals surface area (Å²) in [5, 5.41) is 5.62. The van der Waals surface area contributed by atoms with E-state index in [-0.39, 0.29) is 41.3 Å². The molecular weight excluding hydrogens is 449 g/mol. The number of hydrogen-bond acceptors (Lipinski definition) is 4. The van der Waals surface area contributed by atoms with E-state index in [1.54, 1.807) is 11.3 Å². The van der Waals surface area contributed by atoms with Crippen LogP contribution in [0.1, 0.15) is 38.5 Å². The van der Waals surface area contributed by atoms with E-state index >= 15 is 0 Å². The first-order valence-corrected chi connectivity index (χ1v) is 9.52. The summed E-state index contributed by atoms with van der Waals surface area (Å²) in [4.78, 5) is 19.9. The SMILES string of the molecule is CCOC(=O)C1CCN(C(=NC)NCC(C)(C)c2cccs2)CC1.I. The highest BCUT2D eigenvalue weighted by Crippen LogP contribution is 2.27. The van der Waals surface area contributed by atoms with Gasteiger partial charge in [0, 0.05) is 37.0 Å². The van der Waals surface area contributed by atoms with Crippen LogP contribution in [0.3, 0.4) is 0 Å². The third kappa shape index (κ3) is 6.13. The molecule has 1 aromatic heterocycles. The summed E-state index contributed by atoms with van der Waals surface area (Å²) in [6.45, 7) is 9.30. The van der Waals surface area contributed by atoms with Gasteiger partial charge in [-0.25, -0.2) is 0 Å². The fourth-order valence-electron chi connectivity index (χ4n) is 2.97. The minimum atomic E-state index is -0.0566. The standard InChI is InChI=1S/C18H29N3O2S.HI/c1-5-23-16(22)14-8-10-21(11-9-14)17(19-4)20-13-18(2,3)15-7-6-12-24-15;/h6-7,12,14H,5,8-11,13H2,1-4H3,(H,19,20);1H. The Morgan fingerprint density at radius 2 is 2.12 bits per heavy atom. The molecule has 1 aliphatic rings. The maximum Gasteiger partial charge on any atom is 0.309 e. The van der Waals surface area contributed by atoms with Crippen LogP contribution in [0.4, 0.5) is 0 Å².